The number of nitrogens with zero attached hydrogens (tertiary/aromatic N) is 3. The summed E-state index contributed by atoms with van der Waals surface area (Å²) in [5.41, 5.74) is 3.10. The van der Waals surface area contributed by atoms with Gasteiger partial charge >= 0.3 is 13.7 Å². The highest BCUT2D eigenvalue weighted by Gasteiger charge is 2.32. The molecule has 0 fully saturated rings. The molecule has 3 heterocycles. The molecule has 1 aliphatic rings. The molecule has 0 saturated heterocycles. The fraction of sp³-hybridized carbons (Fsp3) is 0.310. The van der Waals surface area contributed by atoms with Gasteiger partial charge in [-0.05, 0) is 37.6 Å². The highest BCUT2D eigenvalue weighted by molar-refractivity contribution is 7.52. The Kier molecular flexibility index (Phi) is 8.95. The van der Waals surface area contributed by atoms with E-state index < -0.39 is 19.8 Å². The summed E-state index contributed by atoms with van der Waals surface area (Å²) in [5.74, 6) is -1.45. The Morgan fingerprint density at radius 2 is 1.91 bits per heavy atom. The van der Waals surface area contributed by atoms with Crippen molar-refractivity contribution in [2.24, 2.45) is 0 Å². The molecule has 5 rings (SSSR count). The second-order valence-corrected chi connectivity index (χ2v) is 12.0. The van der Waals surface area contributed by atoms with Gasteiger partial charge < -0.3 is 24.4 Å². The Balaban J connectivity index is 1.18. The van der Waals surface area contributed by atoms with Crippen LogP contribution < -0.4 is 9.61 Å². The lowest BCUT2D eigenvalue weighted by molar-refractivity contribution is -0.138. The van der Waals surface area contributed by atoms with Crippen molar-refractivity contribution in [3.05, 3.63) is 83.3 Å². The number of carboxylic acid groups (broad SMARTS) is 1. The van der Waals surface area contributed by atoms with E-state index >= 15 is 0 Å². The standard InChI is InChI=1S/C29H33N6O7P/c1-19(29(38)39)33-43(40,42-21-10-4-3-5-11-21)41-16-8-14-34(2)28(37)26-22-18-35(15-13-24(22)31-32-26)27(36)25-17-20-9-6-7-12-23(20)30-25/h3-7,9-12,17,19,30H,8,13-16,18H2,1-2H3,(H,31,32)(H,33,40)(H,38,39)/t19-,43?/m0/s1. The zero-order chi connectivity index (χ0) is 30.6. The number of aromatic amines is 2. The molecule has 0 bridgehead atoms. The molecule has 1 unspecified atom stereocenters. The summed E-state index contributed by atoms with van der Waals surface area (Å²) < 4.78 is 24.3. The van der Waals surface area contributed by atoms with Crippen molar-refractivity contribution in [1.29, 1.82) is 0 Å². The maximum absolute atomic E-state index is 13.3. The highest BCUT2D eigenvalue weighted by Crippen LogP contribution is 2.44. The van der Waals surface area contributed by atoms with E-state index in [-0.39, 0.29) is 49.4 Å². The van der Waals surface area contributed by atoms with Gasteiger partial charge in [0.1, 0.15) is 17.5 Å². The Hall–Kier alpha value is -4.45. The zero-order valence-electron chi connectivity index (χ0n) is 23.8. The largest absolute Gasteiger partial charge is 0.480 e. The molecule has 13 nitrogen and oxygen atoms in total. The second-order valence-electron chi connectivity index (χ2n) is 10.3. The summed E-state index contributed by atoms with van der Waals surface area (Å²) in [4.78, 5) is 44.3. The molecule has 2 amide bonds. The van der Waals surface area contributed by atoms with E-state index in [0.717, 1.165) is 16.6 Å². The SMILES string of the molecule is C[C@H](NP(=O)(OCCCN(C)C(=O)c1n[nH]c2c1CN(C(=O)c1cc3ccccc3[nH]1)CC2)Oc1ccccc1)C(=O)O. The van der Waals surface area contributed by atoms with Crippen molar-refractivity contribution in [3.8, 4) is 5.75 Å². The van der Waals surface area contributed by atoms with Gasteiger partial charge in [0.15, 0.2) is 5.69 Å². The quantitative estimate of drug-likeness (QED) is 0.138. The van der Waals surface area contributed by atoms with Crippen molar-refractivity contribution >= 4 is 36.4 Å². The van der Waals surface area contributed by atoms with Gasteiger partial charge in [-0.2, -0.15) is 10.2 Å². The number of carbonyl (C=O) groups is 3. The number of hydrogen-bond donors (Lipinski definition) is 4. The third-order valence-corrected chi connectivity index (χ3v) is 8.80. The molecule has 4 N–H and O–H groups in total. The molecule has 43 heavy (non-hydrogen) atoms. The first-order valence-corrected chi connectivity index (χ1v) is 15.4. The third kappa shape index (κ3) is 6.96. The van der Waals surface area contributed by atoms with Crippen LogP contribution >= 0.6 is 7.75 Å². The Bertz CT molecular complexity index is 1640. The molecule has 2 atom stereocenters. The van der Waals surface area contributed by atoms with Crippen molar-refractivity contribution in [2.75, 3.05) is 26.7 Å². The van der Waals surface area contributed by atoms with Gasteiger partial charge in [0, 0.05) is 48.7 Å². The average Bonchev–Trinajstić information content (AvgIpc) is 3.63. The zero-order valence-corrected chi connectivity index (χ0v) is 24.7. The topological polar surface area (TPSA) is 170 Å². The number of H-pyrrole nitrogens is 2. The molecule has 4 aromatic rings. The number of para-hydroxylation sites is 2. The number of amides is 2. The van der Waals surface area contributed by atoms with Gasteiger partial charge in [-0.1, -0.05) is 36.4 Å². The van der Waals surface area contributed by atoms with Crippen LogP contribution in [0.25, 0.3) is 10.9 Å². The van der Waals surface area contributed by atoms with Gasteiger partial charge in [-0.25, -0.2) is 4.57 Å². The molecule has 0 spiro atoms. The minimum Gasteiger partial charge on any atom is -0.480 e. The summed E-state index contributed by atoms with van der Waals surface area (Å²) in [7, 11) is -2.43. The number of carbonyl (C=O) groups excluding carboxylic acids is 2. The number of fused-ring (bicyclic) bond motifs is 2. The monoisotopic (exact) mass is 608 g/mol. The number of hydrogen-bond acceptors (Lipinski definition) is 7. The van der Waals surface area contributed by atoms with Gasteiger partial charge in [0.05, 0.1) is 13.2 Å². The fourth-order valence-electron chi connectivity index (χ4n) is 4.78. The first kappa shape index (κ1) is 30.0. The summed E-state index contributed by atoms with van der Waals surface area (Å²) in [6.07, 6.45) is 0.822. The van der Waals surface area contributed by atoms with Crippen LogP contribution in [0.5, 0.6) is 5.75 Å². The lowest BCUT2D eigenvalue weighted by atomic mass is 10.0. The number of nitrogens with one attached hydrogen (secondary N) is 3. The van der Waals surface area contributed by atoms with E-state index in [0.29, 0.717) is 24.2 Å². The lowest BCUT2D eigenvalue weighted by Crippen LogP contribution is -2.37. The van der Waals surface area contributed by atoms with Crippen molar-refractivity contribution < 1.29 is 33.1 Å². The molecular weight excluding hydrogens is 575 g/mol. The lowest BCUT2D eigenvalue weighted by Gasteiger charge is -2.27. The van der Waals surface area contributed by atoms with E-state index in [2.05, 4.69) is 20.3 Å². The molecule has 2 aromatic carbocycles. The number of rotatable bonds is 12. The van der Waals surface area contributed by atoms with Crippen LogP contribution in [0.2, 0.25) is 0 Å². The molecule has 2 aromatic heterocycles. The van der Waals surface area contributed by atoms with E-state index in [4.69, 9.17) is 9.05 Å². The molecular formula is C29H33N6O7P. The predicted molar refractivity (Wildman–Crippen MR) is 158 cm³/mol. The van der Waals surface area contributed by atoms with Gasteiger partial charge in [0.2, 0.25) is 0 Å². The third-order valence-electron chi connectivity index (χ3n) is 7.12. The molecule has 1 aliphatic heterocycles. The number of aliphatic carboxylic acids is 1. The first-order valence-electron chi connectivity index (χ1n) is 13.8. The van der Waals surface area contributed by atoms with E-state index in [1.54, 1.807) is 42.3 Å². The molecule has 0 aliphatic carbocycles. The Morgan fingerprint density at radius 1 is 1.16 bits per heavy atom. The van der Waals surface area contributed by atoms with Crippen molar-refractivity contribution in [3.63, 3.8) is 0 Å². The van der Waals surface area contributed by atoms with Crippen LogP contribution in [0.3, 0.4) is 0 Å². The number of carboxylic acids is 1. The van der Waals surface area contributed by atoms with E-state index in [1.165, 1.54) is 11.8 Å². The Labute approximate surface area is 247 Å². The normalized spacial score (nSPS) is 15.0. The highest BCUT2D eigenvalue weighted by atomic mass is 31.2. The molecule has 0 saturated carbocycles. The number of aromatic nitrogens is 3. The molecule has 0 radical (unpaired) electrons. The first-order chi connectivity index (χ1) is 20.6. The maximum atomic E-state index is 13.3. The average molecular weight is 609 g/mol. The van der Waals surface area contributed by atoms with Gasteiger partial charge in [-0.15, -0.1) is 0 Å². The minimum atomic E-state index is -4.04. The minimum absolute atomic E-state index is 0.0769. The summed E-state index contributed by atoms with van der Waals surface area (Å²) in [6.45, 7) is 2.22. The second kappa shape index (κ2) is 12.8. The predicted octanol–water partition coefficient (Wildman–Crippen LogP) is 3.82. The van der Waals surface area contributed by atoms with Crippen LogP contribution in [0.15, 0.2) is 60.7 Å². The van der Waals surface area contributed by atoms with Crippen LogP contribution in [0.4, 0.5) is 0 Å². The van der Waals surface area contributed by atoms with E-state index in [1.807, 2.05) is 30.3 Å². The summed E-state index contributed by atoms with van der Waals surface area (Å²) in [6, 6.07) is 16.6. The molecule has 226 valence electrons. The van der Waals surface area contributed by atoms with Crippen LogP contribution in [0, 0.1) is 0 Å². The molecule has 14 heteroatoms. The van der Waals surface area contributed by atoms with Crippen molar-refractivity contribution in [2.45, 2.75) is 32.4 Å². The maximum Gasteiger partial charge on any atom is 0.459 e. The smallest absolute Gasteiger partial charge is 0.459 e. The van der Waals surface area contributed by atoms with Crippen LogP contribution in [-0.2, 0) is 26.8 Å². The van der Waals surface area contributed by atoms with E-state index in [9.17, 15) is 24.1 Å². The van der Waals surface area contributed by atoms with Crippen LogP contribution in [-0.4, -0.2) is 80.7 Å². The van der Waals surface area contributed by atoms with Crippen LogP contribution in [0.1, 0.15) is 45.6 Å². The number of benzene rings is 2. The summed E-state index contributed by atoms with van der Waals surface area (Å²) >= 11 is 0. The van der Waals surface area contributed by atoms with Gasteiger partial charge in [-0.3, -0.25) is 24.0 Å². The van der Waals surface area contributed by atoms with Crippen molar-refractivity contribution in [1.82, 2.24) is 30.1 Å². The summed E-state index contributed by atoms with van der Waals surface area (Å²) in [5, 5.41) is 19.8. The Morgan fingerprint density at radius 3 is 2.65 bits per heavy atom. The fourth-order valence-corrected chi connectivity index (χ4v) is 6.31. The van der Waals surface area contributed by atoms with Gasteiger partial charge in [0.25, 0.3) is 11.8 Å².